The summed E-state index contributed by atoms with van der Waals surface area (Å²) in [6.07, 6.45) is 2.55. The fourth-order valence-corrected chi connectivity index (χ4v) is 3.11. The van der Waals surface area contributed by atoms with Crippen LogP contribution in [0.5, 0.6) is 0 Å². The van der Waals surface area contributed by atoms with Crippen molar-refractivity contribution in [2.24, 2.45) is 0 Å². The third kappa shape index (κ3) is 1.98. The van der Waals surface area contributed by atoms with Crippen LogP contribution in [0.2, 0.25) is 0 Å². The molecular weight excluding hydrogens is 248 g/mol. The number of fused-ring (bicyclic) bond motifs is 1. The molecule has 2 aliphatic heterocycles. The predicted octanol–water partition coefficient (Wildman–Crippen LogP) is 3.38. The third-order valence-electron chi connectivity index (χ3n) is 4.18. The van der Waals surface area contributed by atoms with Gasteiger partial charge in [-0.1, -0.05) is 30.3 Å². The predicted molar refractivity (Wildman–Crippen MR) is 79.6 cm³/mol. The summed E-state index contributed by atoms with van der Waals surface area (Å²) >= 11 is 0. The Kier molecular flexibility index (Phi) is 2.92. The summed E-state index contributed by atoms with van der Waals surface area (Å²) < 4.78 is 5.64. The van der Waals surface area contributed by atoms with Crippen molar-refractivity contribution >= 4 is 5.82 Å². The van der Waals surface area contributed by atoms with Gasteiger partial charge in [-0.2, -0.15) is 0 Å². The summed E-state index contributed by atoms with van der Waals surface area (Å²) in [6.45, 7) is 3.66. The summed E-state index contributed by atoms with van der Waals surface area (Å²) in [5.74, 6) is 1.12. The topological polar surface area (TPSA) is 25.4 Å². The molecule has 0 amide bonds. The quantitative estimate of drug-likeness (QED) is 0.833. The van der Waals surface area contributed by atoms with E-state index in [0.29, 0.717) is 6.61 Å². The monoisotopic (exact) mass is 266 g/mol. The van der Waals surface area contributed by atoms with Gasteiger partial charge in [-0.25, -0.2) is 4.98 Å². The highest BCUT2D eigenvalue weighted by Gasteiger charge is 2.22. The van der Waals surface area contributed by atoms with E-state index in [1.807, 2.05) is 6.07 Å². The second kappa shape index (κ2) is 4.91. The number of aromatic nitrogens is 1. The van der Waals surface area contributed by atoms with Crippen LogP contribution in [0.25, 0.3) is 11.3 Å². The van der Waals surface area contributed by atoms with Crippen molar-refractivity contribution in [3.05, 3.63) is 47.5 Å². The summed E-state index contributed by atoms with van der Waals surface area (Å²) in [4.78, 5) is 7.34. The first-order chi connectivity index (χ1) is 9.92. The van der Waals surface area contributed by atoms with Crippen molar-refractivity contribution < 1.29 is 4.74 Å². The standard InChI is InChI=1S/C17H18N2O/c1-2-6-13(7-3-1)17-15-12-20-11-14(15)10-16(18-17)19-8-4-5-9-19/h1-3,6-7,10H,4-5,8-9,11-12H2. The van der Waals surface area contributed by atoms with Crippen molar-refractivity contribution in [1.82, 2.24) is 4.98 Å². The number of hydrogen-bond donors (Lipinski definition) is 0. The SMILES string of the molecule is c1ccc(-c2nc(N3CCCC3)cc3c2COC3)cc1. The van der Waals surface area contributed by atoms with E-state index >= 15 is 0 Å². The lowest BCUT2D eigenvalue weighted by molar-refractivity contribution is 0.134. The van der Waals surface area contributed by atoms with Gasteiger partial charge in [0.2, 0.25) is 0 Å². The van der Waals surface area contributed by atoms with E-state index in [-0.39, 0.29) is 0 Å². The maximum Gasteiger partial charge on any atom is 0.129 e. The molecule has 3 heteroatoms. The van der Waals surface area contributed by atoms with Crippen LogP contribution in [-0.4, -0.2) is 18.1 Å². The molecule has 2 aliphatic rings. The van der Waals surface area contributed by atoms with Crippen LogP contribution < -0.4 is 4.90 Å². The fraction of sp³-hybridized carbons (Fsp3) is 0.353. The van der Waals surface area contributed by atoms with Crippen LogP contribution in [0.3, 0.4) is 0 Å². The van der Waals surface area contributed by atoms with Gasteiger partial charge in [-0.15, -0.1) is 0 Å². The highest BCUT2D eigenvalue weighted by atomic mass is 16.5. The fourth-order valence-electron chi connectivity index (χ4n) is 3.11. The van der Waals surface area contributed by atoms with Crippen LogP contribution >= 0.6 is 0 Å². The lowest BCUT2D eigenvalue weighted by atomic mass is 10.0. The van der Waals surface area contributed by atoms with Crippen LogP contribution in [-0.2, 0) is 18.0 Å². The third-order valence-corrected chi connectivity index (χ3v) is 4.18. The first-order valence-corrected chi connectivity index (χ1v) is 7.33. The molecule has 0 unspecified atom stereocenters. The Hall–Kier alpha value is -1.87. The highest BCUT2D eigenvalue weighted by Crippen LogP contribution is 2.33. The van der Waals surface area contributed by atoms with Gasteiger partial charge in [0.05, 0.1) is 18.9 Å². The van der Waals surface area contributed by atoms with Crippen molar-refractivity contribution in [2.75, 3.05) is 18.0 Å². The van der Waals surface area contributed by atoms with Crippen molar-refractivity contribution in [2.45, 2.75) is 26.1 Å². The molecule has 3 nitrogen and oxygen atoms in total. The smallest absolute Gasteiger partial charge is 0.129 e. The number of rotatable bonds is 2. The van der Waals surface area contributed by atoms with E-state index in [2.05, 4.69) is 35.2 Å². The molecule has 1 fully saturated rings. The van der Waals surface area contributed by atoms with Crippen molar-refractivity contribution in [3.63, 3.8) is 0 Å². The molecule has 0 aliphatic carbocycles. The zero-order valence-electron chi connectivity index (χ0n) is 11.5. The van der Waals surface area contributed by atoms with Gasteiger partial charge in [0.15, 0.2) is 0 Å². The minimum absolute atomic E-state index is 0.687. The molecule has 1 aromatic heterocycles. The average molecular weight is 266 g/mol. The second-order valence-electron chi connectivity index (χ2n) is 5.52. The van der Waals surface area contributed by atoms with Gasteiger partial charge in [0.1, 0.15) is 5.82 Å². The Morgan fingerprint density at radius 1 is 1.00 bits per heavy atom. The van der Waals surface area contributed by atoms with E-state index in [1.54, 1.807) is 0 Å². The number of ether oxygens (including phenoxy) is 1. The Morgan fingerprint density at radius 2 is 1.80 bits per heavy atom. The van der Waals surface area contributed by atoms with Crippen LogP contribution in [0.4, 0.5) is 5.82 Å². The summed E-state index contributed by atoms with van der Waals surface area (Å²) in [5, 5.41) is 0. The molecular formula is C17H18N2O. The number of hydrogen-bond acceptors (Lipinski definition) is 3. The number of benzene rings is 1. The van der Waals surface area contributed by atoms with Crippen molar-refractivity contribution in [1.29, 1.82) is 0 Å². The molecule has 3 heterocycles. The Morgan fingerprint density at radius 3 is 2.60 bits per heavy atom. The molecule has 0 radical (unpaired) electrons. The molecule has 20 heavy (non-hydrogen) atoms. The normalized spacial score (nSPS) is 17.5. The van der Waals surface area contributed by atoms with E-state index in [9.17, 15) is 0 Å². The maximum atomic E-state index is 5.64. The molecule has 2 aromatic rings. The number of anilines is 1. The van der Waals surface area contributed by atoms with Gasteiger partial charge in [-0.3, -0.25) is 0 Å². The van der Waals surface area contributed by atoms with Gasteiger partial charge in [0.25, 0.3) is 0 Å². The van der Waals surface area contributed by atoms with Crippen LogP contribution in [0.15, 0.2) is 36.4 Å². The Bertz CT molecular complexity index is 618. The van der Waals surface area contributed by atoms with Crippen LogP contribution in [0, 0.1) is 0 Å². The van der Waals surface area contributed by atoms with E-state index in [1.165, 1.54) is 29.5 Å². The minimum atomic E-state index is 0.687. The molecule has 1 saturated heterocycles. The molecule has 102 valence electrons. The lowest BCUT2D eigenvalue weighted by Crippen LogP contribution is -2.19. The highest BCUT2D eigenvalue weighted by molar-refractivity contribution is 5.68. The average Bonchev–Trinajstić information content (AvgIpc) is 3.18. The summed E-state index contributed by atoms with van der Waals surface area (Å²) in [7, 11) is 0. The zero-order valence-corrected chi connectivity index (χ0v) is 11.5. The lowest BCUT2D eigenvalue weighted by Gasteiger charge is -2.19. The molecule has 1 aromatic carbocycles. The van der Waals surface area contributed by atoms with Gasteiger partial charge < -0.3 is 9.64 Å². The van der Waals surface area contributed by atoms with Crippen LogP contribution in [0.1, 0.15) is 24.0 Å². The van der Waals surface area contributed by atoms with E-state index in [4.69, 9.17) is 9.72 Å². The van der Waals surface area contributed by atoms with Crippen molar-refractivity contribution in [3.8, 4) is 11.3 Å². The minimum Gasteiger partial charge on any atom is -0.372 e. The zero-order chi connectivity index (χ0) is 13.4. The largest absolute Gasteiger partial charge is 0.372 e. The summed E-state index contributed by atoms with van der Waals surface area (Å²) in [5.41, 5.74) is 4.86. The second-order valence-corrected chi connectivity index (χ2v) is 5.52. The molecule has 0 bridgehead atoms. The number of nitrogens with zero attached hydrogens (tertiary/aromatic N) is 2. The maximum absolute atomic E-state index is 5.64. The summed E-state index contributed by atoms with van der Waals surface area (Å²) in [6, 6.07) is 12.7. The molecule has 0 saturated carbocycles. The van der Waals surface area contributed by atoms with E-state index in [0.717, 1.165) is 31.2 Å². The molecule has 0 N–H and O–H groups in total. The van der Waals surface area contributed by atoms with E-state index < -0.39 is 0 Å². The Labute approximate surface area is 119 Å². The van der Waals surface area contributed by atoms with Gasteiger partial charge in [-0.05, 0) is 24.5 Å². The van der Waals surface area contributed by atoms with Gasteiger partial charge >= 0.3 is 0 Å². The van der Waals surface area contributed by atoms with Gasteiger partial charge in [0, 0.05) is 24.2 Å². The molecule has 0 atom stereocenters. The molecule has 0 spiro atoms. The Balaban J connectivity index is 1.84. The first kappa shape index (κ1) is 11.9. The first-order valence-electron chi connectivity index (χ1n) is 7.33. The number of pyridine rings is 1. The molecule has 4 rings (SSSR count).